The summed E-state index contributed by atoms with van der Waals surface area (Å²) in [6.45, 7) is 0. The van der Waals surface area contributed by atoms with Gasteiger partial charge in [0.2, 0.25) is 0 Å². The first-order valence-corrected chi connectivity index (χ1v) is 7.12. The van der Waals surface area contributed by atoms with Crippen molar-refractivity contribution in [1.82, 2.24) is 0 Å². The minimum absolute atomic E-state index is 0.0424. The zero-order valence-corrected chi connectivity index (χ0v) is 13.1. The lowest BCUT2D eigenvalue weighted by Gasteiger charge is -2.13. The maximum absolute atomic E-state index is 13.8. The van der Waals surface area contributed by atoms with Crippen LogP contribution in [0.2, 0.25) is 10.0 Å². The first-order valence-electron chi connectivity index (χ1n) is 5.13. The molecule has 0 aromatic heterocycles. The van der Waals surface area contributed by atoms with Crippen molar-refractivity contribution >= 4 is 50.7 Å². The van der Waals surface area contributed by atoms with Crippen molar-refractivity contribution in [2.75, 3.05) is 0 Å². The summed E-state index contributed by atoms with van der Waals surface area (Å²) >= 11 is 20.7. The van der Waals surface area contributed by atoms with Crippen molar-refractivity contribution in [3.05, 3.63) is 67.6 Å². The largest absolute Gasteiger partial charge is 0.207 e. The SMILES string of the molecule is Fc1cc(C(Cl)c2ccc(Cl)c(Cl)c2)c(F)cc1Br. The zero-order chi connectivity index (χ0) is 14.2. The molecule has 2 aromatic carbocycles. The van der Waals surface area contributed by atoms with Crippen LogP contribution >= 0.6 is 50.7 Å². The number of halogens is 6. The van der Waals surface area contributed by atoms with Crippen LogP contribution in [0.25, 0.3) is 0 Å². The van der Waals surface area contributed by atoms with E-state index in [1.165, 1.54) is 6.07 Å². The van der Waals surface area contributed by atoms with Crippen molar-refractivity contribution in [2.45, 2.75) is 5.38 Å². The molecule has 0 aliphatic heterocycles. The van der Waals surface area contributed by atoms with Crippen LogP contribution in [0.15, 0.2) is 34.8 Å². The summed E-state index contributed by atoms with van der Waals surface area (Å²) in [5, 5.41) is -0.170. The summed E-state index contributed by atoms with van der Waals surface area (Å²) in [4.78, 5) is 0. The third-order valence-electron chi connectivity index (χ3n) is 2.55. The van der Waals surface area contributed by atoms with Crippen LogP contribution in [-0.2, 0) is 0 Å². The molecule has 100 valence electrons. The summed E-state index contributed by atoms with van der Waals surface area (Å²) in [6, 6.07) is 6.80. The Labute approximate surface area is 132 Å². The number of hydrogen-bond donors (Lipinski definition) is 0. The molecule has 6 heteroatoms. The maximum atomic E-state index is 13.8. The number of hydrogen-bond acceptors (Lipinski definition) is 0. The second kappa shape index (κ2) is 5.96. The summed E-state index contributed by atoms with van der Waals surface area (Å²) < 4.78 is 27.3. The molecule has 0 radical (unpaired) electrons. The smallest absolute Gasteiger partial charge is 0.137 e. The van der Waals surface area contributed by atoms with Crippen LogP contribution in [-0.4, -0.2) is 0 Å². The molecule has 0 nitrogen and oxygen atoms in total. The van der Waals surface area contributed by atoms with Crippen molar-refractivity contribution < 1.29 is 8.78 Å². The normalized spacial score (nSPS) is 12.5. The summed E-state index contributed by atoms with van der Waals surface area (Å²) in [7, 11) is 0. The van der Waals surface area contributed by atoms with Gasteiger partial charge in [0.15, 0.2) is 0 Å². The molecule has 0 heterocycles. The van der Waals surface area contributed by atoms with Crippen LogP contribution < -0.4 is 0 Å². The molecular weight excluding hydrogens is 380 g/mol. The third kappa shape index (κ3) is 3.22. The highest BCUT2D eigenvalue weighted by Crippen LogP contribution is 2.35. The van der Waals surface area contributed by atoms with Gasteiger partial charge in [-0.3, -0.25) is 0 Å². The van der Waals surface area contributed by atoms with Gasteiger partial charge < -0.3 is 0 Å². The number of rotatable bonds is 2. The minimum atomic E-state index is -0.850. The molecule has 2 rings (SSSR count). The average molecular weight is 386 g/mol. The van der Waals surface area contributed by atoms with E-state index in [-0.39, 0.29) is 10.0 Å². The lowest BCUT2D eigenvalue weighted by molar-refractivity contribution is 0.582. The van der Waals surface area contributed by atoms with Gasteiger partial charge in [-0.1, -0.05) is 29.3 Å². The average Bonchev–Trinajstić information content (AvgIpc) is 2.36. The highest BCUT2D eigenvalue weighted by molar-refractivity contribution is 9.10. The van der Waals surface area contributed by atoms with Crippen LogP contribution in [0.1, 0.15) is 16.5 Å². The first kappa shape index (κ1) is 15.0. The highest BCUT2D eigenvalue weighted by Gasteiger charge is 2.18. The lowest BCUT2D eigenvalue weighted by atomic mass is 10.0. The molecule has 0 fully saturated rings. The Balaban J connectivity index is 2.46. The molecule has 2 aromatic rings. The minimum Gasteiger partial charge on any atom is -0.207 e. The second-order valence-electron chi connectivity index (χ2n) is 3.82. The monoisotopic (exact) mass is 384 g/mol. The Morgan fingerprint density at radius 1 is 0.947 bits per heavy atom. The van der Waals surface area contributed by atoms with E-state index < -0.39 is 17.0 Å². The fourth-order valence-corrected chi connectivity index (χ4v) is 2.51. The second-order valence-corrected chi connectivity index (χ2v) is 5.93. The van der Waals surface area contributed by atoms with E-state index in [1.54, 1.807) is 12.1 Å². The fraction of sp³-hybridized carbons (Fsp3) is 0.0769. The van der Waals surface area contributed by atoms with E-state index in [1.807, 2.05) is 0 Å². The van der Waals surface area contributed by atoms with E-state index in [0.29, 0.717) is 15.6 Å². The predicted octanol–water partition coefficient (Wildman–Crippen LogP) is 6.36. The van der Waals surface area contributed by atoms with E-state index in [2.05, 4.69) is 15.9 Å². The van der Waals surface area contributed by atoms with E-state index >= 15 is 0 Å². The van der Waals surface area contributed by atoms with Gasteiger partial charge in [-0.2, -0.15) is 0 Å². The van der Waals surface area contributed by atoms with Crippen molar-refractivity contribution in [2.24, 2.45) is 0 Å². The molecular formula is C13H6BrCl3F2. The molecule has 0 aliphatic carbocycles. The Hall–Kier alpha value is -0.350. The molecule has 0 N–H and O–H groups in total. The summed E-state index contributed by atoms with van der Waals surface area (Å²) in [6.07, 6.45) is 0. The molecule has 0 amide bonds. The molecule has 1 atom stereocenters. The van der Waals surface area contributed by atoms with Crippen molar-refractivity contribution in [3.8, 4) is 0 Å². The van der Waals surface area contributed by atoms with Gasteiger partial charge in [-0.15, -0.1) is 11.6 Å². The van der Waals surface area contributed by atoms with Crippen molar-refractivity contribution in [1.29, 1.82) is 0 Å². The molecule has 0 aliphatic rings. The molecule has 0 bridgehead atoms. The quantitative estimate of drug-likeness (QED) is 0.416. The topological polar surface area (TPSA) is 0 Å². The van der Waals surface area contributed by atoms with Gasteiger partial charge in [0.25, 0.3) is 0 Å². The summed E-state index contributed by atoms with van der Waals surface area (Å²) in [5.74, 6) is -1.18. The van der Waals surface area contributed by atoms with E-state index in [0.717, 1.165) is 12.1 Å². The van der Waals surface area contributed by atoms with Crippen LogP contribution in [0.5, 0.6) is 0 Å². The number of benzene rings is 2. The Bertz CT molecular complexity index is 632. The molecule has 1 unspecified atom stereocenters. The van der Waals surface area contributed by atoms with Crippen LogP contribution in [0, 0.1) is 11.6 Å². The lowest BCUT2D eigenvalue weighted by Crippen LogP contribution is -1.99. The van der Waals surface area contributed by atoms with Gasteiger partial charge in [-0.05, 0) is 45.8 Å². The van der Waals surface area contributed by atoms with Gasteiger partial charge in [0, 0.05) is 5.56 Å². The molecule has 19 heavy (non-hydrogen) atoms. The molecule has 0 spiro atoms. The maximum Gasteiger partial charge on any atom is 0.137 e. The first-order chi connectivity index (χ1) is 8.90. The highest BCUT2D eigenvalue weighted by atomic mass is 79.9. The predicted molar refractivity (Wildman–Crippen MR) is 78.2 cm³/mol. The zero-order valence-electron chi connectivity index (χ0n) is 9.23. The molecule has 0 saturated heterocycles. The third-order valence-corrected chi connectivity index (χ3v) is 4.38. The fourth-order valence-electron chi connectivity index (χ4n) is 1.58. The number of alkyl halides is 1. The van der Waals surface area contributed by atoms with Crippen LogP contribution in [0.4, 0.5) is 8.78 Å². The Kier molecular flexibility index (Phi) is 4.72. The Morgan fingerprint density at radius 2 is 1.63 bits per heavy atom. The van der Waals surface area contributed by atoms with E-state index in [4.69, 9.17) is 34.8 Å². The van der Waals surface area contributed by atoms with Gasteiger partial charge in [-0.25, -0.2) is 8.78 Å². The Morgan fingerprint density at radius 3 is 2.26 bits per heavy atom. The standard InChI is InChI=1S/C13H6BrCl3F2/c14-8-5-11(18)7(4-12(8)19)13(17)6-1-2-9(15)10(16)3-6/h1-5,13H. The van der Waals surface area contributed by atoms with Crippen molar-refractivity contribution in [3.63, 3.8) is 0 Å². The summed E-state index contributed by atoms with van der Waals surface area (Å²) in [5.41, 5.74) is 0.581. The van der Waals surface area contributed by atoms with Crippen LogP contribution in [0.3, 0.4) is 0 Å². The van der Waals surface area contributed by atoms with Gasteiger partial charge in [0.05, 0.1) is 19.9 Å². The van der Waals surface area contributed by atoms with Gasteiger partial charge in [0.1, 0.15) is 11.6 Å². The molecule has 0 saturated carbocycles. The van der Waals surface area contributed by atoms with Gasteiger partial charge >= 0.3 is 0 Å². The van der Waals surface area contributed by atoms with E-state index in [9.17, 15) is 8.78 Å².